The highest BCUT2D eigenvalue weighted by atomic mass is 16.5. The fourth-order valence-corrected chi connectivity index (χ4v) is 2.44. The summed E-state index contributed by atoms with van der Waals surface area (Å²) in [6.07, 6.45) is 3.44. The van der Waals surface area contributed by atoms with E-state index in [1.165, 1.54) is 12.8 Å². The molecule has 0 fully saturated rings. The van der Waals surface area contributed by atoms with Crippen LogP contribution < -0.4 is 5.32 Å². The lowest BCUT2D eigenvalue weighted by molar-refractivity contribution is -0.0952. The Labute approximate surface area is 128 Å². The zero-order valence-electron chi connectivity index (χ0n) is 15.7. The SMILES string of the molecule is CCCC(C)(C)NC(C)(C)CCOC(C)(C)C(C)(C)C. The maximum atomic E-state index is 6.16. The summed E-state index contributed by atoms with van der Waals surface area (Å²) in [7, 11) is 0. The lowest BCUT2D eigenvalue weighted by Gasteiger charge is -2.41. The minimum Gasteiger partial charge on any atom is -0.375 e. The van der Waals surface area contributed by atoms with E-state index in [0.29, 0.717) is 0 Å². The van der Waals surface area contributed by atoms with Gasteiger partial charge < -0.3 is 10.1 Å². The molecule has 122 valence electrons. The maximum Gasteiger partial charge on any atom is 0.0674 e. The lowest BCUT2D eigenvalue weighted by Crippen LogP contribution is -2.52. The molecular formula is C18H39NO. The highest BCUT2D eigenvalue weighted by molar-refractivity contribution is 4.89. The summed E-state index contributed by atoms with van der Waals surface area (Å²) in [5.74, 6) is 0. The fraction of sp³-hybridized carbons (Fsp3) is 1.00. The third-order valence-electron chi connectivity index (χ3n) is 4.55. The third kappa shape index (κ3) is 7.08. The predicted octanol–water partition coefficient (Wildman–Crippen LogP) is 5.16. The van der Waals surface area contributed by atoms with E-state index >= 15 is 0 Å². The van der Waals surface area contributed by atoms with Gasteiger partial charge in [-0.1, -0.05) is 34.1 Å². The largest absolute Gasteiger partial charge is 0.375 e. The van der Waals surface area contributed by atoms with Crippen molar-refractivity contribution >= 4 is 0 Å². The number of hydrogen-bond acceptors (Lipinski definition) is 2. The molecular weight excluding hydrogens is 246 g/mol. The van der Waals surface area contributed by atoms with Gasteiger partial charge in [-0.2, -0.15) is 0 Å². The Morgan fingerprint density at radius 3 is 1.60 bits per heavy atom. The van der Waals surface area contributed by atoms with Gasteiger partial charge in [0.15, 0.2) is 0 Å². The first kappa shape index (κ1) is 19.9. The van der Waals surface area contributed by atoms with Gasteiger partial charge in [0.05, 0.1) is 5.60 Å². The van der Waals surface area contributed by atoms with Crippen LogP contribution in [-0.2, 0) is 4.74 Å². The zero-order chi connectivity index (χ0) is 16.2. The first-order chi connectivity index (χ1) is 8.72. The number of hydrogen-bond donors (Lipinski definition) is 1. The highest BCUT2D eigenvalue weighted by Crippen LogP contribution is 2.33. The van der Waals surface area contributed by atoms with Crippen LogP contribution in [0.4, 0.5) is 0 Å². The lowest BCUT2D eigenvalue weighted by atomic mass is 9.79. The quantitative estimate of drug-likeness (QED) is 0.664. The zero-order valence-corrected chi connectivity index (χ0v) is 15.7. The van der Waals surface area contributed by atoms with Gasteiger partial charge >= 0.3 is 0 Å². The first-order valence-electron chi connectivity index (χ1n) is 8.16. The Morgan fingerprint density at radius 2 is 1.20 bits per heavy atom. The Balaban J connectivity index is 4.37. The Kier molecular flexibility index (Phi) is 6.76. The van der Waals surface area contributed by atoms with E-state index in [-0.39, 0.29) is 22.1 Å². The summed E-state index contributed by atoms with van der Waals surface area (Å²) in [5.41, 5.74) is 0.360. The van der Waals surface area contributed by atoms with Crippen molar-refractivity contribution in [3.05, 3.63) is 0 Å². The van der Waals surface area contributed by atoms with Crippen molar-refractivity contribution in [2.75, 3.05) is 6.61 Å². The van der Waals surface area contributed by atoms with Crippen molar-refractivity contribution in [3.63, 3.8) is 0 Å². The molecule has 0 spiro atoms. The van der Waals surface area contributed by atoms with Crippen LogP contribution in [-0.4, -0.2) is 23.3 Å². The van der Waals surface area contributed by atoms with E-state index in [9.17, 15) is 0 Å². The van der Waals surface area contributed by atoms with E-state index < -0.39 is 0 Å². The summed E-state index contributed by atoms with van der Waals surface area (Å²) >= 11 is 0. The second-order valence-corrected chi connectivity index (χ2v) is 9.00. The molecule has 0 aromatic rings. The first-order valence-corrected chi connectivity index (χ1v) is 8.16. The molecule has 0 radical (unpaired) electrons. The Bertz CT molecular complexity index is 284. The molecule has 2 heteroatoms. The van der Waals surface area contributed by atoms with Crippen LogP contribution >= 0.6 is 0 Å². The molecule has 0 aliphatic heterocycles. The van der Waals surface area contributed by atoms with Crippen LogP contribution in [0.25, 0.3) is 0 Å². The number of nitrogens with one attached hydrogen (secondary N) is 1. The van der Waals surface area contributed by atoms with Gasteiger partial charge in [0, 0.05) is 17.7 Å². The fourth-order valence-electron chi connectivity index (χ4n) is 2.44. The predicted molar refractivity (Wildman–Crippen MR) is 90.3 cm³/mol. The van der Waals surface area contributed by atoms with Crippen LogP contribution in [0.15, 0.2) is 0 Å². The molecule has 0 rings (SSSR count). The van der Waals surface area contributed by atoms with E-state index in [1.807, 2.05) is 0 Å². The van der Waals surface area contributed by atoms with Gasteiger partial charge in [0.25, 0.3) is 0 Å². The Morgan fingerprint density at radius 1 is 0.750 bits per heavy atom. The average molecular weight is 286 g/mol. The van der Waals surface area contributed by atoms with Gasteiger partial charge in [-0.15, -0.1) is 0 Å². The van der Waals surface area contributed by atoms with Crippen LogP contribution in [0, 0.1) is 5.41 Å². The minimum absolute atomic E-state index is 0.0952. The molecule has 0 aliphatic carbocycles. The molecule has 1 N–H and O–H groups in total. The minimum atomic E-state index is -0.0952. The van der Waals surface area contributed by atoms with Gasteiger partial charge in [0.2, 0.25) is 0 Å². The smallest absolute Gasteiger partial charge is 0.0674 e. The monoisotopic (exact) mass is 285 g/mol. The van der Waals surface area contributed by atoms with Crippen LogP contribution in [0.2, 0.25) is 0 Å². The molecule has 0 saturated carbocycles. The van der Waals surface area contributed by atoms with Crippen molar-refractivity contribution in [1.29, 1.82) is 0 Å². The van der Waals surface area contributed by atoms with Crippen molar-refractivity contribution in [2.45, 2.75) is 105 Å². The molecule has 0 heterocycles. The van der Waals surface area contributed by atoms with Gasteiger partial charge in [-0.3, -0.25) is 0 Å². The topological polar surface area (TPSA) is 21.3 Å². The third-order valence-corrected chi connectivity index (χ3v) is 4.55. The molecule has 0 aliphatic rings. The molecule has 0 aromatic heterocycles. The molecule has 0 amide bonds. The molecule has 2 nitrogen and oxygen atoms in total. The van der Waals surface area contributed by atoms with Gasteiger partial charge in [-0.25, -0.2) is 0 Å². The van der Waals surface area contributed by atoms with Crippen LogP contribution in [0.5, 0.6) is 0 Å². The Hall–Kier alpha value is -0.0800. The maximum absolute atomic E-state index is 6.16. The normalized spacial score (nSPS) is 14.7. The summed E-state index contributed by atoms with van der Waals surface area (Å²) < 4.78 is 6.16. The van der Waals surface area contributed by atoms with Crippen LogP contribution in [0.3, 0.4) is 0 Å². The van der Waals surface area contributed by atoms with Crippen molar-refractivity contribution in [2.24, 2.45) is 5.41 Å². The highest BCUT2D eigenvalue weighted by Gasteiger charge is 2.34. The molecule has 0 bridgehead atoms. The van der Waals surface area contributed by atoms with Crippen molar-refractivity contribution < 1.29 is 4.74 Å². The summed E-state index contributed by atoms with van der Waals surface area (Å²) in [5, 5.41) is 3.78. The number of rotatable bonds is 8. The van der Waals surface area contributed by atoms with Gasteiger partial charge in [-0.05, 0) is 59.8 Å². The summed E-state index contributed by atoms with van der Waals surface area (Å²) in [6, 6.07) is 0. The molecule has 20 heavy (non-hydrogen) atoms. The van der Waals surface area contributed by atoms with Crippen molar-refractivity contribution in [1.82, 2.24) is 5.32 Å². The summed E-state index contributed by atoms with van der Waals surface area (Å²) in [4.78, 5) is 0. The number of ether oxygens (including phenoxy) is 1. The van der Waals surface area contributed by atoms with E-state index in [4.69, 9.17) is 4.74 Å². The average Bonchev–Trinajstić information content (AvgIpc) is 2.11. The molecule has 0 atom stereocenters. The standard InChI is InChI=1S/C18H39NO/c1-11-12-16(5,6)19-17(7,8)13-14-20-18(9,10)15(2,3)4/h19H,11-14H2,1-10H3. The van der Waals surface area contributed by atoms with Crippen LogP contribution in [0.1, 0.15) is 88.5 Å². The second-order valence-electron chi connectivity index (χ2n) is 9.00. The van der Waals surface area contributed by atoms with Gasteiger partial charge in [0.1, 0.15) is 0 Å². The molecule has 0 saturated heterocycles. The van der Waals surface area contributed by atoms with E-state index in [0.717, 1.165) is 13.0 Å². The summed E-state index contributed by atoms with van der Waals surface area (Å²) in [6.45, 7) is 23.3. The molecule has 0 unspecified atom stereocenters. The second kappa shape index (κ2) is 6.79. The van der Waals surface area contributed by atoms with E-state index in [1.54, 1.807) is 0 Å². The molecule has 0 aromatic carbocycles. The van der Waals surface area contributed by atoms with E-state index in [2.05, 4.69) is 74.6 Å². The van der Waals surface area contributed by atoms with Crippen molar-refractivity contribution in [3.8, 4) is 0 Å².